The molecule has 0 saturated heterocycles. The van der Waals surface area contributed by atoms with Crippen LogP contribution in [0.3, 0.4) is 0 Å². The van der Waals surface area contributed by atoms with Gasteiger partial charge in [0, 0.05) is 5.56 Å². The molecule has 1 atom stereocenters. The number of tetrazole rings is 1. The van der Waals surface area contributed by atoms with E-state index in [-0.39, 0.29) is 23.2 Å². The van der Waals surface area contributed by atoms with Crippen molar-refractivity contribution in [2.75, 3.05) is 0 Å². The van der Waals surface area contributed by atoms with Gasteiger partial charge in [-0.2, -0.15) is 18.0 Å². The van der Waals surface area contributed by atoms with Gasteiger partial charge in [0.15, 0.2) is 0 Å². The van der Waals surface area contributed by atoms with Gasteiger partial charge >= 0.3 is 6.18 Å². The van der Waals surface area contributed by atoms with Gasteiger partial charge in [0.1, 0.15) is 5.82 Å². The summed E-state index contributed by atoms with van der Waals surface area (Å²) in [6, 6.07) is 10.2. The molecule has 0 aliphatic rings. The molecule has 0 N–H and O–H groups in total. The molecule has 0 radical (unpaired) electrons. The van der Waals surface area contributed by atoms with Gasteiger partial charge in [0.05, 0.1) is 11.6 Å². The fourth-order valence-electron chi connectivity index (χ4n) is 2.21. The third-order valence-corrected chi connectivity index (χ3v) is 3.58. The molecule has 0 amide bonds. The van der Waals surface area contributed by atoms with Crippen molar-refractivity contribution in [3.05, 3.63) is 65.5 Å². The van der Waals surface area contributed by atoms with E-state index in [1.165, 1.54) is 29.1 Å². The van der Waals surface area contributed by atoms with Crippen molar-refractivity contribution in [1.82, 2.24) is 20.2 Å². The van der Waals surface area contributed by atoms with Gasteiger partial charge in [0.25, 0.3) is 0 Å². The smallest absolute Gasteiger partial charge is 0.207 e. The molecule has 24 heavy (non-hydrogen) atoms. The summed E-state index contributed by atoms with van der Waals surface area (Å²) in [6.45, 7) is 1.78. The van der Waals surface area contributed by atoms with Crippen molar-refractivity contribution < 1.29 is 17.6 Å². The summed E-state index contributed by atoms with van der Waals surface area (Å²) in [5.41, 5.74) is 0.203. The van der Waals surface area contributed by atoms with Crippen LogP contribution in [0.4, 0.5) is 17.6 Å². The summed E-state index contributed by atoms with van der Waals surface area (Å²) in [4.78, 5) is 1.28. The number of rotatable bonds is 3. The van der Waals surface area contributed by atoms with Crippen LogP contribution in [0.25, 0.3) is 11.4 Å². The first-order valence-corrected chi connectivity index (χ1v) is 7.07. The molecule has 0 aliphatic carbocycles. The number of halogens is 4. The highest BCUT2D eigenvalue weighted by molar-refractivity contribution is 5.55. The van der Waals surface area contributed by atoms with E-state index in [0.29, 0.717) is 0 Å². The van der Waals surface area contributed by atoms with Gasteiger partial charge in [-0.1, -0.05) is 24.3 Å². The van der Waals surface area contributed by atoms with E-state index >= 15 is 0 Å². The first-order valence-electron chi connectivity index (χ1n) is 7.07. The maximum Gasteiger partial charge on any atom is 0.416 e. The van der Waals surface area contributed by atoms with Crippen LogP contribution in [0, 0.1) is 5.82 Å². The quantitative estimate of drug-likeness (QED) is 0.676. The lowest BCUT2D eigenvalue weighted by atomic mass is 10.1. The lowest BCUT2D eigenvalue weighted by Crippen LogP contribution is -2.10. The molecule has 124 valence electrons. The molecular weight excluding hydrogens is 324 g/mol. The highest BCUT2D eigenvalue weighted by atomic mass is 19.4. The Balaban J connectivity index is 1.89. The van der Waals surface area contributed by atoms with Crippen LogP contribution in [0.5, 0.6) is 0 Å². The summed E-state index contributed by atoms with van der Waals surface area (Å²) in [7, 11) is 0. The molecule has 1 unspecified atom stereocenters. The summed E-state index contributed by atoms with van der Waals surface area (Å²) in [5.74, 6) is -0.266. The van der Waals surface area contributed by atoms with Gasteiger partial charge in [-0.25, -0.2) is 4.39 Å². The number of hydrogen-bond donors (Lipinski definition) is 0. The predicted molar refractivity (Wildman–Crippen MR) is 78.5 cm³/mol. The molecule has 2 aromatic carbocycles. The average Bonchev–Trinajstić information content (AvgIpc) is 3.04. The van der Waals surface area contributed by atoms with Gasteiger partial charge in [0.2, 0.25) is 5.82 Å². The van der Waals surface area contributed by atoms with E-state index in [4.69, 9.17) is 0 Å². The fraction of sp³-hybridized carbons (Fsp3) is 0.188. The Kier molecular flexibility index (Phi) is 4.04. The summed E-state index contributed by atoms with van der Waals surface area (Å²) in [6.07, 6.45) is -4.44. The van der Waals surface area contributed by atoms with Crippen molar-refractivity contribution in [2.45, 2.75) is 19.1 Å². The maximum atomic E-state index is 13.0. The van der Waals surface area contributed by atoms with Crippen LogP contribution in [0.2, 0.25) is 0 Å². The van der Waals surface area contributed by atoms with Gasteiger partial charge in [-0.05, 0) is 42.0 Å². The number of aromatic nitrogens is 4. The zero-order valence-electron chi connectivity index (χ0n) is 12.5. The molecule has 3 rings (SSSR count). The number of nitrogens with zero attached hydrogens (tertiary/aromatic N) is 4. The Labute approximate surface area is 134 Å². The Morgan fingerprint density at radius 1 is 1.04 bits per heavy atom. The molecule has 1 heterocycles. The molecule has 0 spiro atoms. The standard InChI is InChI=1S/C16H12F4N4/c1-10(11-5-7-14(17)8-6-11)24-22-15(21-23-24)12-3-2-4-13(9-12)16(18,19)20/h2-10H,1H3. The highest BCUT2D eigenvalue weighted by Crippen LogP contribution is 2.31. The first-order chi connectivity index (χ1) is 11.3. The van der Waals surface area contributed by atoms with E-state index in [9.17, 15) is 17.6 Å². The Morgan fingerprint density at radius 2 is 1.75 bits per heavy atom. The molecule has 1 aromatic heterocycles. The normalized spacial score (nSPS) is 13.0. The highest BCUT2D eigenvalue weighted by Gasteiger charge is 2.30. The van der Waals surface area contributed by atoms with E-state index in [2.05, 4.69) is 15.4 Å². The average molecular weight is 336 g/mol. The lowest BCUT2D eigenvalue weighted by Gasteiger charge is -2.09. The number of alkyl halides is 3. The SMILES string of the molecule is CC(c1ccc(F)cc1)n1nnc(-c2cccc(C(F)(F)F)c2)n1. The van der Waals surface area contributed by atoms with Crippen LogP contribution in [-0.2, 0) is 6.18 Å². The van der Waals surface area contributed by atoms with Crippen LogP contribution < -0.4 is 0 Å². The molecule has 8 heteroatoms. The predicted octanol–water partition coefficient (Wildman–Crippen LogP) is 4.11. The van der Waals surface area contributed by atoms with Crippen LogP contribution in [0.15, 0.2) is 48.5 Å². The second-order valence-electron chi connectivity index (χ2n) is 5.24. The topological polar surface area (TPSA) is 43.6 Å². The zero-order chi connectivity index (χ0) is 17.3. The third kappa shape index (κ3) is 3.27. The summed E-state index contributed by atoms with van der Waals surface area (Å²) >= 11 is 0. The van der Waals surface area contributed by atoms with Crippen molar-refractivity contribution in [3.8, 4) is 11.4 Å². The van der Waals surface area contributed by atoms with Crippen LogP contribution in [0.1, 0.15) is 24.1 Å². The molecule has 3 aromatic rings. The molecule has 0 saturated carbocycles. The molecule has 0 fully saturated rings. The largest absolute Gasteiger partial charge is 0.416 e. The Hall–Kier alpha value is -2.77. The minimum Gasteiger partial charge on any atom is -0.207 e. The second kappa shape index (κ2) is 6.03. The molecular formula is C16H12F4N4. The fourth-order valence-corrected chi connectivity index (χ4v) is 2.21. The third-order valence-electron chi connectivity index (χ3n) is 3.58. The molecule has 0 aliphatic heterocycles. The Morgan fingerprint density at radius 3 is 2.42 bits per heavy atom. The van der Waals surface area contributed by atoms with Crippen molar-refractivity contribution in [1.29, 1.82) is 0 Å². The van der Waals surface area contributed by atoms with E-state index in [1.54, 1.807) is 19.1 Å². The van der Waals surface area contributed by atoms with Crippen LogP contribution >= 0.6 is 0 Å². The summed E-state index contributed by atoms with van der Waals surface area (Å²) in [5, 5.41) is 11.8. The second-order valence-corrected chi connectivity index (χ2v) is 5.24. The van der Waals surface area contributed by atoms with Crippen molar-refractivity contribution >= 4 is 0 Å². The number of benzene rings is 2. The Bertz CT molecular complexity index is 840. The zero-order valence-corrected chi connectivity index (χ0v) is 12.5. The van der Waals surface area contributed by atoms with Gasteiger partial charge in [-0.15, -0.1) is 10.2 Å². The van der Waals surface area contributed by atoms with Gasteiger partial charge < -0.3 is 0 Å². The van der Waals surface area contributed by atoms with Crippen LogP contribution in [-0.4, -0.2) is 20.2 Å². The summed E-state index contributed by atoms with van der Waals surface area (Å²) < 4.78 is 51.3. The van der Waals surface area contributed by atoms with E-state index in [0.717, 1.165) is 17.7 Å². The lowest BCUT2D eigenvalue weighted by molar-refractivity contribution is -0.137. The van der Waals surface area contributed by atoms with E-state index < -0.39 is 11.7 Å². The van der Waals surface area contributed by atoms with E-state index in [1.807, 2.05) is 0 Å². The van der Waals surface area contributed by atoms with Gasteiger partial charge in [-0.3, -0.25) is 0 Å². The molecule has 0 bridgehead atoms. The minimum atomic E-state index is -4.44. The van der Waals surface area contributed by atoms with Crippen molar-refractivity contribution in [3.63, 3.8) is 0 Å². The first kappa shape index (κ1) is 16.1. The monoisotopic (exact) mass is 336 g/mol. The minimum absolute atomic E-state index is 0.0926. The maximum absolute atomic E-state index is 13.0. The van der Waals surface area contributed by atoms with Crippen molar-refractivity contribution in [2.24, 2.45) is 0 Å². The molecule has 4 nitrogen and oxygen atoms in total. The number of hydrogen-bond acceptors (Lipinski definition) is 3.